The van der Waals surface area contributed by atoms with E-state index in [2.05, 4.69) is 20.8 Å². The smallest absolute Gasteiger partial charge is 0.271 e. The number of anilines is 1. The third-order valence-corrected chi connectivity index (χ3v) is 2.11. The van der Waals surface area contributed by atoms with Crippen LogP contribution in [0.1, 0.15) is 17.4 Å². The molecule has 1 aromatic rings. The first-order valence-corrected chi connectivity index (χ1v) is 5.70. The van der Waals surface area contributed by atoms with Crippen LogP contribution in [0.2, 0.25) is 0 Å². The minimum absolute atomic E-state index is 0.247. The van der Waals surface area contributed by atoms with E-state index in [-0.39, 0.29) is 18.2 Å². The van der Waals surface area contributed by atoms with Crippen molar-refractivity contribution in [2.45, 2.75) is 13.0 Å². The van der Waals surface area contributed by atoms with Crippen LogP contribution in [-0.4, -0.2) is 54.1 Å². The lowest BCUT2D eigenvalue weighted by atomic mass is 10.3. The largest absolute Gasteiger partial charge is 0.389 e. The van der Waals surface area contributed by atoms with Crippen molar-refractivity contribution in [2.24, 2.45) is 0 Å². The predicted octanol–water partition coefficient (Wildman–Crippen LogP) is -0.355. The SMILES string of the molecule is CCNC(=O)c1ccc(NCC(O)COC)nn1. The lowest BCUT2D eigenvalue weighted by molar-refractivity contribution is 0.0727. The average Bonchev–Trinajstić information content (AvgIpc) is 2.37. The van der Waals surface area contributed by atoms with Gasteiger partial charge in [0.25, 0.3) is 5.91 Å². The van der Waals surface area contributed by atoms with Crippen molar-refractivity contribution in [1.82, 2.24) is 15.5 Å². The summed E-state index contributed by atoms with van der Waals surface area (Å²) in [6.45, 7) is 2.93. The van der Waals surface area contributed by atoms with Crippen molar-refractivity contribution >= 4 is 11.7 Å². The molecule has 0 aliphatic heterocycles. The number of carbonyl (C=O) groups excluding carboxylic acids is 1. The minimum atomic E-state index is -0.611. The van der Waals surface area contributed by atoms with Crippen LogP contribution in [0.3, 0.4) is 0 Å². The summed E-state index contributed by atoms with van der Waals surface area (Å²) in [5.41, 5.74) is 0.264. The summed E-state index contributed by atoms with van der Waals surface area (Å²) in [5, 5.41) is 22.6. The number of rotatable bonds is 7. The summed E-state index contributed by atoms with van der Waals surface area (Å²) in [6.07, 6.45) is -0.611. The molecule has 0 radical (unpaired) electrons. The molecule has 0 fully saturated rings. The number of nitrogens with zero attached hydrogens (tertiary/aromatic N) is 2. The maximum atomic E-state index is 11.4. The predicted molar refractivity (Wildman–Crippen MR) is 66.4 cm³/mol. The van der Waals surface area contributed by atoms with Gasteiger partial charge in [-0.3, -0.25) is 4.79 Å². The van der Waals surface area contributed by atoms with E-state index in [0.717, 1.165) is 0 Å². The first-order valence-electron chi connectivity index (χ1n) is 5.70. The van der Waals surface area contributed by atoms with E-state index in [1.165, 1.54) is 7.11 Å². The molecule has 0 aliphatic rings. The van der Waals surface area contributed by atoms with Gasteiger partial charge in [-0.2, -0.15) is 0 Å². The Hall–Kier alpha value is -1.73. The summed E-state index contributed by atoms with van der Waals surface area (Å²) in [7, 11) is 1.52. The van der Waals surface area contributed by atoms with Gasteiger partial charge in [-0.15, -0.1) is 10.2 Å². The van der Waals surface area contributed by atoms with E-state index in [9.17, 15) is 9.90 Å². The Morgan fingerprint density at radius 3 is 2.83 bits per heavy atom. The van der Waals surface area contributed by atoms with Gasteiger partial charge in [0.05, 0.1) is 12.7 Å². The summed E-state index contributed by atoms with van der Waals surface area (Å²) in [4.78, 5) is 11.4. The Balaban J connectivity index is 2.47. The molecular weight excluding hydrogens is 236 g/mol. The Morgan fingerprint density at radius 2 is 2.28 bits per heavy atom. The number of aliphatic hydroxyl groups is 1. The molecule has 0 aliphatic carbocycles. The summed E-state index contributed by atoms with van der Waals surface area (Å²) in [6, 6.07) is 3.21. The Kier molecular flexibility index (Phi) is 6.03. The van der Waals surface area contributed by atoms with Crippen molar-refractivity contribution in [3.63, 3.8) is 0 Å². The molecular formula is C11H18N4O3. The highest BCUT2D eigenvalue weighted by Crippen LogP contribution is 2.02. The normalized spacial score (nSPS) is 11.9. The van der Waals surface area contributed by atoms with Crippen LogP contribution >= 0.6 is 0 Å². The minimum Gasteiger partial charge on any atom is -0.389 e. The molecule has 1 amide bonds. The number of hydrogen-bond donors (Lipinski definition) is 3. The number of nitrogens with one attached hydrogen (secondary N) is 2. The second-order valence-corrected chi connectivity index (χ2v) is 3.65. The lowest BCUT2D eigenvalue weighted by Crippen LogP contribution is -2.25. The Bertz CT molecular complexity index is 369. The molecule has 1 aromatic heterocycles. The number of hydrogen-bond acceptors (Lipinski definition) is 6. The molecule has 1 heterocycles. The van der Waals surface area contributed by atoms with E-state index in [4.69, 9.17) is 4.74 Å². The molecule has 0 bridgehead atoms. The number of aromatic nitrogens is 2. The van der Waals surface area contributed by atoms with Gasteiger partial charge in [-0.05, 0) is 19.1 Å². The van der Waals surface area contributed by atoms with Crippen LogP contribution in [0, 0.1) is 0 Å². The van der Waals surface area contributed by atoms with Gasteiger partial charge in [0.2, 0.25) is 0 Å². The number of carbonyl (C=O) groups is 1. The van der Waals surface area contributed by atoms with Crippen LogP contribution < -0.4 is 10.6 Å². The molecule has 0 aromatic carbocycles. The third kappa shape index (κ3) is 4.64. The fourth-order valence-electron chi connectivity index (χ4n) is 1.27. The molecule has 1 rings (SSSR count). The van der Waals surface area contributed by atoms with Gasteiger partial charge in [0, 0.05) is 20.2 Å². The highest BCUT2D eigenvalue weighted by Gasteiger charge is 2.07. The lowest BCUT2D eigenvalue weighted by Gasteiger charge is -2.10. The highest BCUT2D eigenvalue weighted by molar-refractivity contribution is 5.92. The Morgan fingerprint density at radius 1 is 1.50 bits per heavy atom. The van der Waals surface area contributed by atoms with Crippen LogP contribution in [0.4, 0.5) is 5.82 Å². The van der Waals surface area contributed by atoms with Gasteiger partial charge < -0.3 is 20.5 Å². The zero-order valence-corrected chi connectivity index (χ0v) is 10.5. The number of ether oxygens (including phenoxy) is 1. The van der Waals surface area contributed by atoms with Crippen molar-refractivity contribution in [2.75, 3.05) is 32.1 Å². The van der Waals surface area contributed by atoms with Crippen LogP contribution in [0.25, 0.3) is 0 Å². The first kappa shape index (κ1) is 14.3. The molecule has 7 heteroatoms. The molecule has 0 saturated carbocycles. The fraction of sp³-hybridized carbons (Fsp3) is 0.545. The van der Waals surface area contributed by atoms with E-state index in [1.54, 1.807) is 12.1 Å². The molecule has 18 heavy (non-hydrogen) atoms. The number of amides is 1. The van der Waals surface area contributed by atoms with Crippen LogP contribution in [0.5, 0.6) is 0 Å². The van der Waals surface area contributed by atoms with Crippen molar-refractivity contribution < 1.29 is 14.6 Å². The molecule has 7 nitrogen and oxygen atoms in total. The van der Waals surface area contributed by atoms with Crippen LogP contribution in [-0.2, 0) is 4.74 Å². The van der Waals surface area contributed by atoms with Gasteiger partial charge in [0.15, 0.2) is 5.69 Å². The quantitative estimate of drug-likeness (QED) is 0.615. The van der Waals surface area contributed by atoms with Gasteiger partial charge in [0.1, 0.15) is 5.82 Å². The Labute approximate surface area is 106 Å². The fourth-order valence-corrected chi connectivity index (χ4v) is 1.27. The highest BCUT2D eigenvalue weighted by atomic mass is 16.5. The summed E-state index contributed by atoms with van der Waals surface area (Å²) >= 11 is 0. The summed E-state index contributed by atoms with van der Waals surface area (Å²) in [5.74, 6) is 0.245. The van der Waals surface area contributed by atoms with Gasteiger partial charge in [-0.25, -0.2) is 0 Å². The molecule has 1 unspecified atom stereocenters. The average molecular weight is 254 g/mol. The second kappa shape index (κ2) is 7.57. The van der Waals surface area contributed by atoms with Gasteiger partial charge in [-0.1, -0.05) is 0 Å². The number of methoxy groups -OCH3 is 1. The maximum Gasteiger partial charge on any atom is 0.271 e. The van der Waals surface area contributed by atoms with E-state index < -0.39 is 6.10 Å². The standard InChI is InChI=1S/C11H18N4O3/c1-3-12-11(17)9-4-5-10(15-14-9)13-6-8(16)7-18-2/h4-5,8,16H,3,6-7H2,1-2H3,(H,12,17)(H,13,15). The van der Waals surface area contributed by atoms with Crippen molar-refractivity contribution in [3.8, 4) is 0 Å². The molecule has 1 atom stereocenters. The zero-order valence-electron chi connectivity index (χ0n) is 10.5. The van der Waals surface area contributed by atoms with Crippen LogP contribution in [0.15, 0.2) is 12.1 Å². The maximum absolute atomic E-state index is 11.4. The summed E-state index contributed by atoms with van der Waals surface area (Å²) < 4.78 is 4.79. The molecule has 3 N–H and O–H groups in total. The second-order valence-electron chi connectivity index (χ2n) is 3.65. The molecule has 0 spiro atoms. The zero-order chi connectivity index (χ0) is 13.4. The van der Waals surface area contributed by atoms with E-state index in [1.807, 2.05) is 6.92 Å². The topological polar surface area (TPSA) is 96.4 Å². The first-order chi connectivity index (χ1) is 8.67. The molecule has 100 valence electrons. The van der Waals surface area contributed by atoms with E-state index in [0.29, 0.717) is 18.9 Å². The monoisotopic (exact) mass is 254 g/mol. The molecule has 0 saturated heterocycles. The number of aliphatic hydroxyl groups excluding tert-OH is 1. The third-order valence-electron chi connectivity index (χ3n) is 2.11. The van der Waals surface area contributed by atoms with Crippen molar-refractivity contribution in [1.29, 1.82) is 0 Å². The van der Waals surface area contributed by atoms with Crippen molar-refractivity contribution in [3.05, 3.63) is 17.8 Å². The van der Waals surface area contributed by atoms with Gasteiger partial charge >= 0.3 is 0 Å². The van der Waals surface area contributed by atoms with E-state index >= 15 is 0 Å².